The molecule has 0 saturated heterocycles. The van der Waals surface area contributed by atoms with Crippen LogP contribution in [0.15, 0.2) is 48.3 Å². The minimum absolute atomic E-state index is 1.21. The lowest BCUT2D eigenvalue weighted by molar-refractivity contribution is -0.0979. The predicted molar refractivity (Wildman–Crippen MR) is 90.9 cm³/mol. The van der Waals surface area contributed by atoms with E-state index in [1.807, 2.05) is 59.7 Å². The summed E-state index contributed by atoms with van der Waals surface area (Å²) < 4.78 is 0. The first-order chi connectivity index (χ1) is 9.79. The number of nitrogens with zero attached hydrogens (tertiary/aromatic N) is 1. The summed E-state index contributed by atoms with van der Waals surface area (Å²) in [5.74, 6) is 0. The van der Waals surface area contributed by atoms with Gasteiger partial charge in [0, 0.05) is 12.4 Å². The largest absolute Gasteiger partial charge is 0.307 e. The zero-order chi connectivity index (χ0) is 16.2. The van der Waals surface area contributed by atoms with E-state index in [4.69, 9.17) is 4.79 Å². The molecule has 2 nitrogen and oxygen atoms in total. The number of pyridine rings is 1. The topological polar surface area (TPSA) is 30.0 Å². The highest BCUT2D eigenvalue weighted by atomic mass is 16.1. The molecule has 0 fully saturated rings. The number of aryl methyl sites for hydroxylation is 1. The lowest BCUT2D eigenvalue weighted by atomic mass is 10.1. The molecule has 0 amide bonds. The maximum absolute atomic E-state index is 8.00. The zero-order valence-corrected chi connectivity index (χ0v) is 14.0. The standard InChI is InChI=1S/C7H10.C6H7N.2C2H6.CH2O/c1-7-5-3-2-4-6-7;1-6-3-2-4-7-5-6;3*1-2/h3,5-6H,2,4H2,1H3;2-5H,1H3;2*1-2H3;1H2. The fourth-order valence-electron chi connectivity index (χ4n) is 1.19. The van der Waals surface area contributed by atoms with Gasteiger partial charge in [-0.25, -0.2) is 0 Å². The molecule has 1 heterocycles. The van der Waals surface area contributed by atoms with Gasteiger partial charge in [0.2, 0.25) is 0 Å². The number of allylic oxidation sites excluding steroid dienone is 4. The van der Waals surface area contributed by atoms with Crippen LogP contribution in [0.4, 0.5) is 0 Å². The number of carbonyl (C=O) groups excluding carboxylic acids is 1. The van der Waals surface area contributed by atoms with E-state index in [0.717, 1.165) is 0 Å². The summed E-state index contributed by atoms with van der Waals surface area (Å²) in [6, 6.07) is 3.95. The molecule has 0 N–H and O–H groups in total. The molecule has 0 spiro atoms. The maximum Gasteiger partial charge on any atom is 0.106 e. The van der Waals surface area contributed by atoms with Crippen molar-refractivity contribution in [2.75, 3.05) is 0 Å². The molecule has 0 bridgehead atoms. The van der Waals surface area contributed by atoms with Crippen molar-refractivity contribution < 1.29 is 4.79 Å². The summed E-state index contributed by atoms with van der Waals surface area (Å²) in [6.07, 6.45) is 12.7. The van der Waals surface area contributed by atoms with Gasteiger partial charge in [-0.2, -0.15) is 0 Å². The van der Waals surface area contributed by atoms with Gasteiger partial charge in [-0.3, -0.25) is 4.98 Å². The number of hydrogen-bond acceptors (Lipinski definition) is 2. The third kappa shape index (κ3) is 18.7. The number of aromatic nitrogens is 1. The predicted octanol–water partition coefficient (Wildman–Crippen LogP) is 5.54. The smallest absolute Gasteiger partial charge is 0.106 e. The van der Waals surface area contributed by atoms with E-state index in [1.165, 1.54) is 24.0 Å². The van der Waals surface area contributed by atoms with E-state index < -0.39 is 0 Å². The molecule has 0 atom stereocenters. The average molecular weight is 277 g/mol. The van der Waals surface area contributed by atoms with Crippen LogP contribution in [0.5, 0.6) is 0 Å². The van der Waals surface area contributed by atoms with Gasteiger partial charge < -0.3 is 4.79 Å². The molecule has 114 valence electrons. The van der Waals surface area contributed by atoms with E-state index in [-0.39, 0.29) is 0 Å². The molecule has 2 heteroatoms. The first-order valence-corrected chi connectivity index (χ1v) is 7.28. The summed E-state index contributed by atoms with van der Waals surface area (Å²) in [7, 11) is 0. The Morgan fingerprint density at radius 3 is 1.85 bits per heavy atom. The number of carbonyl (C=O) groups is 1. The third-order valence-electron chi connectivity index (χ3n) is 1.99. The van der Waals surface area contributed by atoms with Crippen molar-refractivity contribution in [3.8, 4) is 0 Å². The van der Waals surface area contributed by atoms with E-state index in [1.54, 1.807) is 6.20 Å². The van der Waals surface area contributed by atoms with Crippen molar-refractivity contribution in [1.29, 1.82) is 0 Å². The molecule has 1 aromatic heterocycles. The summed E-state index contributed by atoms with van der Waals surface area (Å²) >= 11 is 0. The Hall–Kier alpha value is -1.70. The Morgan fingerprint density at radius 2 is 1.65 bits per heavy atom. The lowest BCUT2D eigenvalue weighted by Crippen LogP contribution is -1.76. The van der Waals surface area contributed by atoms with Gasteiger partial charge in [-0.05, 0) is 38.3 Å². The van der Waals surface area contributed by atoms with Crippen LogP contribution in [0.25, 0.3) is 0 Å². The maximum atomic E-state index is 8.00. The van der Waals surface area contributed by atoms with Crippen LogP contribution in [-0.2, 0) is 4.79 Å². The fraction of sp³-hybridized carbons (Fsp3) is 0.444. The van der Waals surface area contributed by atoms with Crippen molar-refractivity contribution in [3.63, 3.8) is 0 Å². The Kier molecular flexibility index (Phi) is 26.3. The van der Waals surface area contributed by atoms with E-state index in [9.17, 15) is 0 Å². The zero-order valence-electron chi connectivity index (χ0n) is 14.0. The van der Waals surface area contributed by atoms with Crippen molar-refractivity contribution in [3.05, 3.63) is 53.9 Å². The van der Waals surface area contributed by atoms with Gasteiger partial charge in [0.05, 0.1) is 0 Å². The van der Waals surface area contributed by atoms with Crippen LogP contribution >= 0.6 is 0 Å². The number of rotatable bonds is 0. The normalized spacial score (nSPS) is 10.6. The van der Waals surface area contributed by atoms with Crippen LogP contribution in [0.1, 0.15) is 53.0 Å². The molecular formula is C18H31NO. The number of hydrogen-bond donors (Lipinski definition) is 0. The SMILES string of the molecule is C=O.CC.CC.CC1=CCCC=C1.Cc1cccnc1. The minimum Gasteiger partial charge on any atom is -0.307 e. The van der Waals surface area contributed by atoms with Crippen molar-refractivity contribution in [2.24, 2.45) is 0 Å². The molecule has 0 aromatic carbocycles. The van der Waals surface area contributed by atoms with Crippen LogP contribution < -0.4 is 0 Å². The molecular weight excluding hydrogens is 246 g/mol. The van der Waals surface area contributed by atoms with E-state index >= 15 is 0 Å². The molecule has 1 aliphatic carbocycles. The van der Waals surface area contributed by atoms with Crippen molar-refractivity contribution in [2.45, 2.75) is 54.4 Å². The molecule has 0 unspecified atom stereocenters. The first kappa shape index (κ1) is 23.4. The summed E-state index contributed by atoms with van der Waals surface area (Å²) in [4.78, 5) is 11.9. The van der Waals surface area contributed by atoms with Gasteiger partial charge in [-0.1, -0.05) is 57.6 Å². The molecule has 0 aliphatic heterocycles. The Bertz CT molecular complexity index is 329. The van der Waals surface area contributed by atoms with Crippen LogP contribution in [0, 0.1) is 6.92 Å². The average Bonchev–Trinajstić information content (AvgIpc) is 2.55. The summed E-state index contributed by atoms with van der Waals surface area (Å²) in [5.41, 5.74) is 2.62. The molecule has 1 aromatic rings. The van der Waals surface area contributed by atoms with E-state index in [2.05, 4.69) is 30.1 Å². The molecule has 1 aliphatic rings. The van der Waals surface area contributed by atoms with Crippen molar-refractivity contribution in [1.82, 2.24) is 4.98 Å². The second-order valence-electron chi connectivity index (χ2n) is 3.46. The van der Waals surface area contributed by atoms with Crippen LogP contribution in [0.3, 0.4) is 0 Å². The highest BCUT2D eigenvalue weighted by Gasteiger charge is 1.86. The van der Waals surface area contributed by atoms with Crippen molar-refractivity contribution >= 4 is 6.79 Å². The molecule has 0 saturated carbocycles. The second-order valence-corrected chi connectivity index (χ2v) is 3.46. The molecule has 2 rings (SSSR count). The molecule has 0 radical (unpaired) electrons. The summed E-state index contributed by atoms with van der Waals surface area (Å²) in [6.45, 7) is 14.2. The molecule has 20 heavy (non-hydrogen) atoms. The van der Waals surface area contributed by atoms with Gasteiger partial charge in [0.1, 0.15) is 6.79 Å². The Labute approximate surface area is 125 Å². The quantitative estimate of drug-likeness (QED) is 0.623. The van der Waals surface area contributed by atoms with Gasteiger partial charge >= 0.3 is 0 Å². The fourth-order valence-corrected chi connectivity index (χ4v) is 1.19. The van der Waals surface area contributed by atoms with Gasteiger partial charge in [0.15, 0.2) is 0 Å². The first-order valence-electron chi connectivity index (χ1n) is 7.28. The van der Waals surface area contributed by atoms with E-state index in [0.29, 0.717) is 0 Å². The summed E-state index contributed by atoms with van der Waals surface area (Å²) in [5, 5.41) is 0. The second kappa shape index (κ2) is 22.5. The van der Waals surface area contributed by atoms with Crippen LogP contribution in [0.2, 0.25) is 0 Å². The Balaban J connectivity index is -0.000000211. The van der Waals surface area contributed by atoms with Gasteiger partial charge in [0.25, 0.3) is 0 Å². The monoisotopic (exact) mass is 277 g/mol. The van der Waals surface area contributed by atoms with Crippen LogP contribution in [-0.4, -0.2) is 11.8 Å². The lowest BCUT2D eigenvalue weighted by Gasteiger charge is -1.96. The van der Waals surface area contributed by atoms with Gasteiger partial charge in [-0.15, -0.1) is 0 Å². The third-order valence-corrected chi connectivity index (χ3v) is 1.99. The highest BCUT2D eigenvalue weighted by Crippen LogP contribution is 2.06. The minimum atomic E-state index is 1.21. The highest BCUT2D eigenvalue weighted by molar-refractivity contribution is 5.19. The Morgan fingerprint density at radius 1 is 1.05 bits per heavy atom.